The smallest absolute Gasteiger partial charge is 0.107 e. The number of aryl methyl sites for hydroxylation is 1. The normalized spacial score (nSPS) is 16.1. The number of hydrogen-bond acceptors (Lipinski definition) is 3. The van der Waals surface area contributed by atoms with E-state index >= 15 is 0 Å². The van der Waals surface area contributed by atoms with Crippen molar-refractivity contribution in [3.63, 3.8) is 0 Å². The average Bonchev–Trinajstić information content (AvgIpc) is 3.25. The van der Waals surface area contributed by atoms with Crippen LogP contribution in [0.25, 0.3) is 0 Å². The summed E-state index contributed by atoms with van der Waals surface area (Å²) in [6, 6.07) is 9.19. The molecular weight excluding hydrogens is 250 g/mol. The van der Waals surface area contributed by atoms with Crippen molar-refractivity contribution in [1.29, 1.82) is 0 Å². The van der Waals surface area contributed by atoms with Crippen LogP contribution < -0.4 is 0 Å². The van der Waals surface area contributed by atoms with Gasteiger partial charge in [0.15, 0.2) is 0 Å². The molecule has 0 aliphatic heterocycles. The number of aliphatic hydroxyl groups is 1. The van der Waals surface area contributed by atoms with E-state index in [2.05, 4.69) is 42.0 Å². The minimum atomic E-state index is -0.477. The molecule has 0 bridgehead atoms. The largest absolute Gasteiger partial charge is 0.389 e. The summed E-state index contributed by atoms with van der Waals surface area (Å²) in [5.41, 5.74) is 2.56. The molecule has 3 heteroatoms. The topological polar surface area (TPSA) is 32.7 Å². The fraction of sp³-hybridized carbons (Fsp3) is 0.529. The van der Waals surface area contributed by atoms with Crippen molar-refractivity contribution in [2.75, 3.05) is 19.8 Å². The van der Waals surface area contributed by atoms with Crippen LogP contribution >= 0.6 is 0 Å². The molecule has 1 aromatic carbocycles. The molecular formula is C17H23NO2. The summed E-state index contributed by atoms with van der Waals surface area (Å²) in [5.74, 6) is 2.41. The molecule has 1 unspecified atom stereocenters. The number of nitrogens with zero attached hydrogens (tertiary/aromatic N) is 1. The highest BCUT2D eigenvalue weighted by atomic mass is 16.5. The molecule has 0 saturated heterocycles. The zero-order valence-electron chi connectivity index (χ0n) is 12.1. The Morgan fingerprint density at radius 3 is 2.70 bits per heavy atom. The van der Waals surface area contributed by atoms with E-state index < -0.39 is 6.10 Å². The number of hydrogen-bond donors (Lipinski definition) is 1. The van der Waals surface area contributed by atoms with Gasteiger partial charge in [0.2, 0.25) is 0 Å². The molecule has 1 saturated carbocycles. The molecule has 0 spiro atoms. The second-order valence-electron chi connectivity index (χ2n) is 5.52. The van der Waals surface area contributed by atoms with Crippen LogP contribution in [0.15, 0.2) is 24.3 Å². The van der Waals surface area contributed by atoms with E-state index in [0.717, 1.165) is 6.54 Å². The Hall–Kier alpha value is -1.34. The number of ether oxygens (including phenoxy) is 1. The third-order valence-corrected chi connectivity index (χ3v) is 3.51. The molecule has 1 aliphatic carbocycles. The summed E-state index contributed by atoms with van der Waals surface area (Å²) >= 11 is 0. The number of terminal acetylenes is 1. The zero-order valence-corrected chi connectivity index (χ0v) is 12.1. The summed E-state index contributed by atoms with van der Waals surface area (Å²) in [7, 11) is 0. The van der Waals surface area contributed by atoms with E-state index in [1.807, 2.05) is 0 Å². The van der Waals surface area contributed by atoms with E-state index in [0.29, 0.717) is 19.2 Å². The maximum absolute atomic E-state index is 10.0. The van der Waals surface area contributed by atoms with Crippen LogP contribution in [0, 0.1) is 19.3 Å². The van der Waals surface area contributed by atoms with Crippen molar-refractivity contribution in [2.45, 2.75) is 38.5 Å². The lowest BCUT2D eigenvalue weighted by molar-refractivity contribution is 0.0242. The summed E-state index contributed by atoms with van der Waals surface area (Å²) in [5, 5.41) is 10.0. The monoisotopic (exact) mass is 273 g/mol. The van der Waals surface area contributed by atoms with Crippen molar-refractivity contribution < 1.29 is 9.84 Å². The van der Waals surface area contributed by atoms with Gasteiger partial charge in [-0.15, -0.1) is 6.42 Å². The third-order valence-electron chi connectivity index (χ3n) is 3.51. The quantitative estimate of drug-likeness (QED) is 0.580. The van der Waals surface area contributed by atoms with Gasteiger partial charge < -0.3 is 9.84 Å². The zero-order chi connectivity index (χ0) is 14.4. The van der Waals surface area contributed by atoms with Crippen LogP contribution in [0.5, 0.6) is 0 Å². The standard InChI is InChI=1S/C17H23NO2/c1-3-10-20-13-17(19)12-18(16-8-9-16)11-15-6-4-14(2)5-7-15/h1,4-7,16-17,19H,8-13H2,2H3. The van der Waals surface area contributed by atoms with Gasteiger partial charge in [-0.05, 0) is 25.3 Å². The molecule has 3 nitrogen and oxygen atoms in total. The Morgan fingerprint density at radius 2 is 2.10 bits per heavy atom. The molecule has 1 aliphatic rings. The second-order valence-corrected chi connectivity index (χ2v) is 5.52. The molecule has 0 heterocycles. The molecule has 1 atom stereocenters. The Labute approximate surface area is 121 Å². The first-order chi connectivity index (χ1) is 9.69. The minimum Gasteiger partial charge on any atom is -0.389 e. The second kappa shape index (κ2) is 7.44. The fourth-order valence-electron chi connectivity index (χ4n) is 2.29. The van der Waals surface area contributed by atoms with Crippen molar-refractivity contribution in [2.24, 2.45) is 0 Å². The molecule has 108 valence electrons. The highest BCUT2D eigenvalue weighted by Gasteiger charge is 2.30. The molecule has 0 aromatic heterocycles. The van der Waals surface area contributed by atoms with Crippen LogP contribution in [-0.4, -0.2) is 41.9 Å². The maximum atomic E-state index is 10.0. The number of rotatable bonds is 8. The van der Waals surface area contributed by atoms with E-state index in [-0.39, 0.29) is 6.61 Å². The van der Waals surface area contributed by atoms with Crippen molar-refractivity contribution in [3.05, 3.63) is 35.4 Å². The summed E-state index contributed by atoms with van der Waals surface area (Å²) in [4.78, 5) is 2.34. The third kappa shape index (κ3) is 4.97. The molecule has 20 heavy (non-hydrogen) atoms. The summed E-state index contributed by atoms with van der Waals surface area (Å²) in [6.07, 6.45) is 7.10. The summed E-state index contributed by atoms with van der Waals surface area (Å²) < 4.78 is 5.20. The predicted molar refractivity (Wildman–Crippen MR) is 80.3 cm³/mol. The maximum Gasteiger partial charge on any atom is 0.107 e. The van der Waals surface area contributed by atoms with Crippen LogP contribution in [0.2, 0.25) is 0 Å². The Morgan fingerprint density at radius 1 is 1.40 bits per heavy atom. The first-order valence-corrected chi connectivity index (χ1v) is 7.18. The molecule has 1 N–H and O–H groups in total. The van der Waals surface area contributed by atoms with Gasteiger partial charge in [0.1, 0.15) is 6.61 Å². The lowest BCUT2D eigenvalue weighted by Crippen LogP contribution is -2.36. The lowest BCUT2D eigenvalue weighted by Gasteiger charge is -2.25. The van der Waals surface area contributed by atoms with E-state index in [1.54, 1.807) is 0 Å². The van der Waals surface area contributed by atoms with E-state index in [4.69, 9.17) is 11.2 Å². The molecule has 0 radical (unpaired) electrons. The number of aliphatic hydroxyl groups excluding tert-OH is 1. The predicted octanol–water partition coefficient (Wildman–Crippen LogP) is 1.97. The van der Waals surface area contributed by atoms with Gasteiger partial charge in [0.25, 0.3) is 0 Å². The van der Waals surface area contributed by atoms with Gasteiger partial charge >= 0.3 is 0 Å². The van der Waals surface area contributed by atoms with Gasteiger partial charge in [0, 0.05) is 19.1 Å². The van der Waals surface area contributed by atoms with Gasteiger partial charge in [-0.25, -0.2) is 0 Å². The molecule has 1 aromatic rings. The van der Waals surface area contributed by atoms with E-state index in [1.165, 1.54) is 24.0 Å². The van der Waals surface area contributed by atoms with Gasteiger partial charge in [-0.2, -0.15) is 0 Å². The minimum absolute atomic E-state index is 0.262. The van der Waals surface area contributed by atoms with Crippen LogP contribution in [0.1, 0.15) is 24.0 Å². The van der Waals surface area contributed by atoms with Crippen molar-refractivity contribution >= 4 is 0 Å². The van der Waals surface area contributed by atoms with Gasteiger partial charge in [0.05, 0.1) is 12.7 Å². The van der Waals surface area contributed by atoms with Crippen LogP contribution in [-0.2, 0) is 11.3 Å². The van der Waals surface area contributed by atoms with Gasteiger partial charge in [-0.3, -0.25) is 4.90 Å². The molecule has 0 amide bonds. The lowest BCUT2D eigenvalue weighted by atomic mass is 10.1. The molecule has 2 rings (SSSR count). The highest BCUT2D eigenvalue weighted by molar-refractivity contribution is 5.21. The molecule has 1 fully saturated rings. The first-order valence-electron chi connectivity index (χ1n) is 7.18. The average molecular weight is 273 g/mol. The fourth-order valence-corrected chi connectivity index (χ4v) is 2.29. The SMILES string of the molecule is C#CCOCC(O)CN(Cc1ccc(C)cc1)C1CC1. The Bertz CT molecular complexity index is 445. The highest BCUT2D eigenvalue weighted by Crippen LogP contribution is 2.28. The Kier molecular flexibility index (Phi) is 5.60. The summed E-state index contributed by atoms with van der Waals surface area (Å²) in [6.45, 7) is 4.19. The van der Waals surface area contributed by atoms with Crippen molar-refractivity contribution in [1.82, 2.24) is 4.90 Å². The first kappa shape index (κ1) is 15.1. The van der Waals surface area contributed by atoms with Crippen molar-refractivity contribution in [3.8, 4) is 12.3 Å². The van der Waals surface area contributed by atoms with E-state index in [9.17, 15) is 5.11 Å². The van der Waals surface area contributed by atoms with Gasteiger partial charge in [-0.1, -0.05) is 35.7 Å². The Balaban J connectivity index is 1.84. The van der Waals surface area contributed by atoms with Crippen LogP contribution in [0.3, 0.4) is 0 Å². The number of benzene rings is 1. The van der Waals surface area contributed by atoms with Crippen LogP contribution in [0.4, 0.5) is 0 Å².